The average molecular weight is 234 g/mol. The quantitative estimate of drug-likeness (QED) is 0.449. The first-order chi connectivity index (χ1) is 7.10. The topological polar surface area (TPSA) is 27.7 Å². The monoisotopic (exact) mass is 234 g/mol. The average Bonchev–Trinajstić information content (AvgIpc) is 2.16. The number of hydrogen-bond acceptors (Lipinski definition) is 3. The van der Waals surface area contributed by atoms with Gasteiger partial charge in [0.2, 0.25) is 0 Å². The maximum Gasteiger partial charge on any atom is 0.282 e. The summed E-state index contributed by atoms with van der Waals surface area (Å²) in [6.45, 7) is 10.0. The SMILES string of the molecule is CCOC(CCC(C)[SiH3])(OCC)OCC. The van der Waals surface area contributed by atoms with E-state index in [9.17, 15) is 0 Å². The van der Waals surface area contributed by atoms with Gasteiger partial charge in [-0.05, 0) is 27.2 Å². The first-order valence-corrected chi connectivity index (χ1v) is 7.17. The van der Waals surface area contributed by atoms with E-state index in [1.807, 2.05) is 20.8 Å². The molecule has 0 rings (SSSR count). The molecule has 0 saturated carbocycles. The van der Waals surface area contributed by atoms with E-state index in [1.54, 1.807) is 0 Å². The van der Waals surface area contributed by atoms with Crippen LogP contribution in [0.4, 0.5) is 0 Å². The Morgan fingerprint density at radius 1 is 1.00 bits per heavy atom. The van der Waals surface area contributed by atoms with Crippen molar-refractivity contribution < 1.29 is 14.2 Å². The summed E-state index contributed by atoms with van der Waals surface area (Å²) in [5.41, 5.74) is 0.769. The molecule has 0 N–H and O–H groups in total. The third-order valence-corrected chi connectivity index (χ3v) is 2.70. The van der Waals surface area contributed by atoms with Crippen molar-refractivity contribution in [3.63, 3.8) is 0 Å². The predicted octanol–water partition coefficient (Wildman–Crippen LogP) is 1.70. The lowest BCUT2D eigenvalue weighted by molar-refractivity contribution is -0.380. The third kappa shape index (κ3) is 6.30. The molecule has 0 bridgehead atoms. The summed E-state index contributed by atoms with van der Waals surface area (Å²) < 4.78 is 16.9. The molecule has 0 aliphatic heterocycles. The highest BCUT2D eigenvalue weighted by Gasteiger charge is 2.32. The van der Waals surface area contributed by atoms with Crippen LogP contribution in [0.1, 0.15) is 40.5 Å². The Labute approximate surface area is 96.9 Å². The van der Waals surface area contributed by atoms with Crippen LogP contribution < -0.4 is 0 Å². The Morgan fingerprint density at radius 3 is 1.67 bits per heavy atom. The fourth-order valence-electron chi connectivity index (χ4n) is 1.47. The second-order valence-corrected chi connectivity index (χ2v) is 5.89. The zero-order valence-electron chi connectivity index (χ0n) is 10.8. The van der Waals surface area contributed by atoms with Crippen LogP contribution in [-0.4, -0.2) is 36.0 Å². The molecular weight excluding hydrogens is 208 g/mol. The van der Waals surface area contributed by atoms with Gasteiger partial charge in [0.1, 0.15) is 0 Å². The highest BCUT2D eigenvalue weighted by molar-refractivity contribution is 6.11. The van der Waals surface area contributed by atoms with Crippen LogP contribution in [0, 0.1) is 0 Å². The zero-order valence-corrected chi connectivity index (χ0v) is 12.8. The second-order valence-electron chi connectivity index (χ2n) is 3.91. The van der Waals surface area contributed by atoms with Gasteiger partial charge in [0.25, 0.3) is 5.97 Å². The normalized spacial score (nSPS) is 14.4. The fourth-order valence-corrected chi connectivity index (χ4v) is 1.76. The Bertz CT molecular complexity index is 134. The van der Waals surface area contributed by atoms with Gasteiger partial charge in [0, 0.05) is 36.5 Å². The van der Waals surface area contributed by atoms with E-state index < -0.39 is 5.97 Å². The van der Waals surface area contributed by atoms with Gasteiger partial charge in [-0.3, -0.25) is 0 Å². The minimum atomic E-state index is -0.795. The smallest absolute Gasteiger partial charge is 0.282 e. The van der Waals surface area contributed by atoms with Gasteiger partial charge >= 0.3 is 0 Å². The van der Waals surface area contributed by atoms with Crippen LogP contribution in [0.3, 0.4) is 0 Å². The van der Waals surface area contributed by atoms with Crippen LogP contribution in [0.2, 0.25) is 5.54 Å². The summed E-state index contributed by atoms with van der Waals surface area (Å²) >= 11 is 0. The highest BCUT2D eigenvalue weighted by atomic mass is 28.1. The molecule has 0 aromatic rings. The van der Waals surface area contributed by atoms with Gasteiger partial charge in [-0.15, -0.1) is 0 Å². The highest BCUT2D eigenvalue weighted by Crippen LogP contribution is 2.25. The van der Waals surface area contributed by atoms with E-state index in [1.165, 1.54) is 10.2 Å². The maximum absolute atomic E-state index is 5.63. The lowest BCUT2D eigenvalue weighted by Crippen LogP contribution is -2.39. The van der Waals surface area contributed by atoms with Crippen molar-refractivity contribution in [3.05, 3.63) is 0 Å². The molecule has 0 amide bonds. The Hall–Kier alpha value is 0.0969. The van der Waals surface area contributed by atoms with E-state index in [4.69, 9.17) is 14.2 Å². The molecule has 0 fully saturated rings. The van der Waals surface area contributed by atoms with Gasteiger partial charge in [-0.2, -0.15) is 0 Å². The number of ether oxygens (including phenoxy) is 3. The first-order valence-electron chi connectivity index (χ1n) is 6.02. The van der Waals surface area contributed by atoms with Gasteiger partial charge in [-0.1, -0.05) is 12.5 Å². The summed E-state index contributed by atoms with van der Waals surface area (Å²) in [4.78, 5) is 0. The summed E-state index contributed by atoms with van der Waals surface area (Å²) in [6.07, 6.45) is 1.93. The lowest BCUT2D eigenvalue weighted by atomic mass is 10.2. The van der Waals surface area contributed by atoms with Crippen LogP contribution in [0.5, 0.6) is 0 Å². The summed E-state index contributed by atoms with van der Waals surface area (Å²) in [6, 6.07) is 0. The molecule has 1 atom stereocenters. The molecule has 3 nitrogen and oxygen atoms in total. The Morgan fingerprint density at radius 2 is 1.40 bits per heavy atom. The fraction of sp³-hybridized carbons (Fsp3) is 1.00. The Balaban J connectivity index is 4.31. The molecule has 0 heterocycles. The van der Waals surface area contributed by atoms with Gasteiger partial charge < -0.3 is 14.2 Å². The van der Waals surface area contributed by atoms with E-state index >= 15 is 0 Å². The predicted molar refractivity (Wildman–Crippen MR) is 66.2 cm³/mol. The van der Waals surface area contributed by atoms with Gasteiger partial charge in [-0.25, -0.2) is 0 Å². The molecule has 15 heavy (non-hydrogen) atoms. The molecule has 4 heteroatoms. The van der Waals surface area contributed by atoms with Crippen molar-refractivity contribution in [1.82, 2.24) is 0 Å². The molecule has 0 spiro atoms. The van der Waals surface area contributed by atoms with Crippen LogP contribution >= 0.6 is 0 Å². The van der Waals surface area contributed by atoms with Gasteiger partial charge in [0.15, 0.2) is 0 Å². The van der Waals surface area contributed by atoms with Crippen molar-refractivity contribution in [2.45, 2.75) is 52.1 Å². The van der Waals surface area contributed by atoms with E-state index in [-0.39, 0.29) is 0 Å². The van der Waals surface area contributed by atoms with Crippen molar-refractivity contribution in [1.29, 1.82) is 0 Å². The molecule has 1 unspecified atom stereocenters. The van der Waals surface area contributed by atoms with Crippen molar-refractivity contribution in [3.8, 4) is 0 Å². The second kappa shape index (κ2) is 8.27. The number of rotatable bonds is 9. The molecular formula is C11H26O3Si. The molecule has 0 aliphatic carbocycles. The minimum Gasteiger partial charge on any atom is -0.328 e. The molecule has 0 aromatic carbocycles. The van der Waals surface area contributed by atoms with Crippen molar-refractivity contribution in [2.75, 3.05) is 19.8 Å². The maximum atomic E-state index is 5.63. The largest absolute Gasteiger partial charge is 0.328 e. The molecule has 0 aromatic heterocycles. The van der Waals surface area contributed by atoms with E-state index in [0.29, 0.717) is 19.8 Å². The van der Waals surface area contributed by atoms with Crippen molar-refractivity contribution in [2.24, 2.45) is 0 Å². The van der Waals surface area contributed by atoms with Crippen LogP contribution in [-0.2, 0) is 14.2 Å². The van der Waals surface area contributed by atoms with E-state index in [0.717, 1.165) is 18.4 Å². The van der Waals surface area contributed by atoms with Crippen LogP contribution in [0.15, 0.2) is 0 Å². The third-order valence-electron chi connectivity index (χ3n) is 2.12. The minimum absolute atomic E-state index is 0.621. The molecule has 92 valence electrons. The summed E-state index contributed by atoms with van der Waals surface area (Å²) in [5.74, 6) is -0.795. The molecule has 0 aliphatic rings. The Kier molecular flexibility index (Phi) is 8.33. The number of hydrogen-bond donors (Lipinski definition) is 0. The van der Waals surface area contributed by atoms with Crippen LogP contribution in [0.25, 0.3) is 0 Å². The van der Waals surface area contributed by atoms with Gasteiger partial charge in [0.05, 0.1) is 0 Å². The standard InChI is InChI=1S/C11H26O3Si/c1-5-12-11(13-6-2,14-7-3)9-8-10(4)15/h10H,5-9H2,1-4,15H3. The van der Waals surface area contributed by atoms with Crippen molar-refractivity contribution >= 4 is 10.2 Å². The van der Waals surface area contributed by atoms with E-state index in [2.05, 4.69) is 6.92 Å². The zero-order chi connectivity index (χ0) is 11.7. The molecule has 0 radical (unpaired) electrons. The lowest BCUT2D eigenvalue weighted by Gasteiger charge is -2.32. The summed E-state index contributed by atoms with van der Waals surface area (Å²) in [7, 11) is 1.21. The summed E-state index contributed by atoms with van der Waals surface area (Å²) in [5, 5.41) is 0. The first kappa shape index (κ1) is 15.1. The molecule has 0 saturated heterocycles.